The van der Waals surface area contributed by atoms with Crippen molar-refractivity contribution >= 4 is 0 Å². The molecule has 1 rings (SSSR count). The molecular weight excluding hydrogens is 145 g/mol. The molecule has 0 aromatic carbocycles. The summed E-state index contributed by atoms with van der Waals surface area (Å²) < 4.78 is 15.0. The number of nitrogens with zero attached hydrogens (tertiary/aromatic N) is 3. The van der Waals surface area contributed by atoms with Crippen LogP contribution >= 0.6 is 0 Å². The largest absolute Gasteiger partial charge is 0.315 e. The summed E-state index contributed by atoms with van der Waals surface area (Å²) in [6.07, 6.45) is 1.54. The third kappa shape index (κ3) is 1.56. The molecule has 0 aliphatic heterocycles. The molecule has 1 heterocycles. The van der Waals surface area contributed by atoms with Crippen molar-refractivity contribution in [2.75, 3.05) is 0 Å². The van der Waals surface area contributed by atoms with Gasteiger partial charge in [0.15, 0.2) is 11.5 Å². The predicted octanol–water partition coefficient (Wildman–Crippen LogP) is 1.50. The Morgan fingerprint density at radius 3 is 2.64 bits per heavy atom. The highest BCUT2D eigenvalue weighted by Crippen LogP contribution is 2.21. The Kier molecular flexibility index (Phi) is 1.93. The molecule has 0 fully saturated rings. The summed E-state index contributed by atoms with van der Waals surface area (Å²) in [6, 6.07) is 0. The fourth-order valence-electron chi connectivity index (χ4n) is 0.947. The van der Waals surface area contributed by atoms with Crippen molar-refractivity contribution in [1.82, 2.24) is 14.8 Å². The molecular formula is C7H12FN3. The summed E-state index contributed by atoms with van der Waals surface area (Å²) in [5, 5.41) is 7.33. The van der Waals surface area contributed by atoms with E-state index in [-0.39, 0.29) is 0 Å². The minimum Gasteiger partial charge on any atom is -0.315 e. The fourth-order valence-corrected chi connectivity index (χ4v) is 0.947. The van der Waals surface area contributed by atoms with E-state index in [1.165, 1.54) is 20.2 Å². The first kappa shape index (κ1) is 8.17. The van der Waals surface area contributed by atoms with Crippen LogP contribution in [0.5, 0.6) is 0 Å². The van der Waals surface area contributed by atoms with Gasteiger partial charge in [0.2, 0.25) is 0 Å². The Morgan fingerprint density at radius 2 is 2.27 bits per heavy atom. The zero-order valence-electron chi connectivity index (χ0n) is 7.00. The predicted molar refractivity (Wildman–Crippen MR) is 39.8 cm³/mol. The first-order valence-electron chi connectivity index (χ1n) is 3.63. The van der Waals surface area contributed by atoms with Gasteiger partial charge in [-0.3, -0.25) is 0 Å². The molecule has 0 radical (unpaired) electrons. The van der Waals surface area contributed by atoms with Gasteiger partial charge in [0, 0.05) is 6.54 Å². The highest BCUT2D eigenvalue weighted by molar-refractivity contribution is 4.97. The van der Waals surface area contributed by atoms with Crippen LogP contribution in [0.2, 0.25) is 0 Å². The molecule has 62 valence electrons. The number of rotatable bonds is 2. The molecule has 11 heavy (non-hydrogen) atoms. The van der Waals surface area contributed by atoms with Crippen LogP contribution in [0.4, 0.5) is 4.39 Å². The van der Waals surface area contributed by atoms with Crippen LogP contribution in [0.3, 0.4) is 0 Å². The summed E-state index contributed by atoms with van der Waals surface area (Å²) in [5.41, 5.74) is -1.40. The molecule has 0 aliphatic carbocycles. The maximum atomic E-state index is 13.3. The van der Waals surface area contributed by atoms with E-state index in [4.69, 9.17) is 0 Å². The molecule has 0 amide bonds. The van der Waals surface area contributed by atoms with Crippen LogP contribution in [0, 0.1) is 0 Å². The van der Waals surface area contributed by atoms with Crippen molar-refractivity contribution in [3.63, 3.8) is 0 Å². The monoisotopic (exact) mass is 157 g/mol. The van der Waals surface area contributed by atoms with Crippen molar-refractivity contribution in [3.8, 4) is 0 Å². The number of alkyl halides is 1. The van der Waals surface area contributed by atoms with Crippen LogP contribution in [0.15, 0.2) is 6.33 Å². The van der Waals surface area contributed by atoms with E-state index in [0.29, 0.717) is 12.4 Å². The second kappa shape index (κ2) is 2.60. The first-order valence-corrected chi connectivity index (χ1v) is 3.63. The SMILES string of the molecule is CCn1cnnc1C(C)(C)F. The van der Waals surface area contributed by atoms with Gasteiger partial charge < -0.3 is 4.57 Å². The number of hydrogen-bond donors (Lipinski definition) is 0. The van der Waals surface area contributed by atoms with Gasteiger partial charge in [0.1, 0.15) is 6.33 Å². The highest BCUT2D eigenvalue weighted by atomic mass is 19.1. The van der Waals surface area contributed by atoms with Crippen molar-refractivity contribution in [2.24, 2.45) is 0 Å². The van der Waals surface area contributed by atoms with Crippen LogP contribution in [-0.2, 0) is 12.2 Å². The molecule has 0 unspecified atom stereocenters. The molecule has 0 saturated heterocycles. The van der Waals surface area contributed by atoms with E-state index >= 15 is 0 Å². The summed E-state index contributed by atoms with van der Waals surface area (Å²) >= 11 is 0. The molecule has 0 saturated carbocycles. The van der Waals surface area contributed by atoms with Gasteiger partial charge in [0.05, 0.1) is 0 Å². The lowest BCUT2D eigenvalue weighted by atomic mass is 10.1. The summed E-state index contributed by atoms with van der Waals surface area (Å²) in [5.74, 6) is 0.389. The average Bonchev–Trinajstić information content (AvgIpc) is 2.31. The van der Waals surface area contributed by atoms with Gasteiger partial charge in [-0.2, -0.15) is 0 Å². The molecule has 1 aromatic rings. The van der Waals surface area contributed by atoms with Crippen LogP contribution in [-0.4, -0.2) is 14.8 Å². The van der Waals surface area contributed by atoms with Gasteiger partial charge in [0.25, 0.3) is 0 Å². The van der Waals surface area contributed by atoms with Gasteiger partial charge in [-0.15, -0.1) is 10.2 Å². The van der Waals surface area contributed by atoms with Crippen molar-refractivity contribution < 1.29 is 4.39 Å². The van der Waals surface area contributed by atoms with E-state index < -0.39 is 5.67 Å². The number of aryl methyl sites for hydroxylation is 1. The molecule has 0 spiro atoms. The molecule has 0 atom stereocenters. The Balaban J connectivity index is 3.02. The van der Waals surface area contributed by atoms with Crippen molar-refractivity contribution in [2.45, 2.75) is 33.0 Å². The molecule has 1 aromatic heterocycles. The summed E-state index contributed by atoms with van der Waals surface area (Å²) in [4.78, 5) is 0. The zero-order chi connectivity index (χ0) is 8.48. The van der Waals surface area contributed by atoms with E-state index in [9.17, 15) is 4.39 Å². The second-order valence-electron chi connectivity index (χ2n) is 2.91. The lowest BCUT2D eigenvalue weighted by Gasteiger charge is -2.13. The fraction of sp³-hybridized carbons (Fsp3) is 0.714. The quantitative estimate of drug-likeness (QED) is 0.651. The third-order valence-electron chi connectivity index (χ3n) is 1.49. The highest BCUT2D eigenvalue weighted by Gasteiger charge is 2.24. The van der Waals surface area contributed by atoms with E-state index in [1.54, 1.807) is 4.57 Å². The van der Waals surface area contributed by atoms with Gasteiger partial charge in [-0.1, -0.05) is 0 Å². The van der Waals surface area contributed by atoms with Crippen LogP contribution in [0.25, 0.3) is 0 Å². The Hall–Kier alpha value is -0.930. The van der Waals surface area contributed by atoms with Gasteiger partial charge >= 0.3 is 0 Å². The second-order valence-corrected chi connectivity index (χ2v) is 2.91. The Bertz CT molecular complexity index is 236. The normalized spacial score (nSPS) is 12.0. The van der Waals surface area contributed by atoms with Crippen LogP contribution < -0.4 is 0 Å². The van der Waals surface area contributed by atoms with Crippen molar-refractivity contribution in [3.05, 3.63) is 12.2 Å². The van der Waals surface area contributed by atoms with E-state index in [0.717, 1.165) is 0 Å². The number of hydrogen-bond acceptors (Lipinski definition) is 2. The molecule has 0 N–H and O–H groups in total. The maximum absolute atomic E-state index is 13.3. The van der Waals surface area contributed by atoms with Gasteiger partial charge in [-0.25, -0.2) is 4.39 Å². The maximum Gasteiger partial charge on any atom is 0.169 e. The Labute approximate surface area is 65.2 Å². The standard InChI is InChI=1S/C7H12FN3/c1-4-11-5-9-10-6(11)7(2,3)8/h5H,4H2,1-3H3. The first-order chi connectivity index (χ1) is 5.05. The number of aromatic nitrogens is 3. The topological polar surface area (TPSA) is 30.7 Å². The summed E-state index contributed by atoms with van der Waals surface area (Å²) in [7, 11) is 0. The van der Waals surface area contributed by atoms with Crippen LogP contribution in [0.1, 0.15) is 26.6 Å². The minimum atomic E-state index is -1.40. The minimum absolute atomic E-state index is 0.389. The molecule has 3 nitrogen and oxygen atoms in total. The number of halogens is 1. The zero-order valence-corrected chi connectivity index (χ0v) is 7.00. The molecule has 0 bridgehead atoms. The lowest BCUT2D eigenvalue weighted by Crippen LogP contribution is -2.16. The lowest BCUT2D eigenvalue weighted by molar-refractivity contribution is 0.199. The summed E-state index contributed by atoms with van der Waals surface area (Å²) in [6.45, 7) is 5.58. The third-order valence-corrected chi connectivity index (χ3v) is 1.49. The van der Waals surface area contributed by atoms with E-state index in [2.05, 4.69) is 10.2 Å². The molecule has 4 heteroatoms. The average molecular weight is 157 g/mol. The van der Waals surface area contributed by atoms with Crippen molar-refractivity contribution in [1.29, 1.82) is 0 Å². The van der Waals surface area contributed by atoms with E-state index in [1.807, 2.05) is 6.92 Å². The smallest absolute Gasteiger partial charge is 0.169 e. The molecule has 0 aliphatic rings. The van der Waals surface area contributed by atoms with Gasteiger partial charge in [-0.05, 0) is 20.8 Å². The Morgan fingerprint density at radius 1 is 1.64 bits per heavy atom.